The first-order chi connectivity index (χ1) is 9.65. The lowest BCUT2D eigenvalue weighted by Crippen LogP contribution is -2.41. The number of hydrogen-bond acceptors (Lipinski definition) is 5. The van der Waals surface area contributed by atoms with Gasteiger partial charge in [0.1, 0.15) is 17.2 Å². The minimum absolute atomic E-state index is 0.110. The molecule has 0 saturated carbocycles. The fourth-order valence-corrected chi connectivity index (χ4v) is 1.34. The van der Waals surface area contributed by atoms with Gasteiger partial charge in [-0.05, 0) is 25.1 Å². The number of carbonyl (C=O) groups is 2. The third kappa shape index (κ3) is 3.77. The number of rotatable bonds is 3. The largest absolute Gasteiger partial charge is 0.462 e. The van der Waals surface area contributed by atoms with Crippen LogP contribution in [0, 0.1) is 6.92 Å². The highest BCUT2D eigenvalue weighted by Gasteiger charge is 2.06. The van der Waals surface area contributed by atoms with Crippen LogP contribution in [0.1, 0.15) is 22.0 Å². The predicted molar refractivity (Wildman–Crippen MR) is 70.1 cm³/mol. The number of aromatic nitrogens is 2. The molecule has 0 aliphatic heterocycles. The monoisotopic (exact) mass is 272 g/mol. The Morgan fingerprint density at radius 2 is 2.10 bits per heavy atom. The molecule has 102 valence electrons. The van der Waals surface area contributed by atoms with E-state index in [1.807, 2.05) is 0 Å². The molecule has 7 heteroatoms. The summed E-state index contributed by atoms with van der Waals surface area (Å²) in [6, 6.07) is 3.52. The van der Waals surface area contributed by atoms with Crippen LogP contribution < -0.4 is 10.9 Å². The van der Waals surface area contributed by atoms with Crippen molar-refractivity contribution in [1.82, 2.24) is 20.8 Å². The van der Waals surface area contributed by atoms with Gasteiger partial charge in [0.15, 0.2) is 0 Å². The molecule has 0 saturated heterocycles. The van der Waals surface area contributed by atoms with Crippen LogP contribution in [0.2, 0.25) is 0 Å². The summed E-state index contributed by atoms with van der Waals surface area (Å²) in [5.41, 5.74) is 4.55. The van der Waals surface area contributed by atoms with Gasteiger partial charge in [-0.15, -0.1) is 0 Å². The zero-order chi connectivity index (χ0) is 14.4. The van der Waals surface area contributed by atoms with Crippen LogP contribution in [0.15, 0.2) is 41.2 Å². The number of aryl methyl sites for hydroxylation is 1. The van der Waals surface area contributed by atoms with Gasteiger partial charge in [0, 0.05) is 18.5 Å². The molecule has 2 N–H and O–H groups in total. The van der Waals surface area contributed by atoms with Gasteiger partial charge in [-0.1, -0.05) is 0 Å². The second-order valence-corrected chi connectivity index (χ2v) is 3.82. The summed E-state index contributed by atoms with van der Waals surface area (Å²) < 4.78 is 5.26. The number of hydrazine groups is 1. The quantitative estimate of drug-likeness (QED) is 0.637. The lowest BCUT2D eigenvalue weighted by molar-refractivity contribution is -0.117. The van der Waals surface area contributed by atoms with Crippen molar-refractivity contribution in [2.24, 2.45) is 0 Å². The average Bonchev–Trinajstić information content (AvgIpc) is 2.89. The third-order valence-corrected chi connectivity index (χ3v) is 2.26. The minimum atomic E-state index is -0.548. The molecule has 2 aromatic heterocycles. The zero-order valence-electron chi connectivity index (χ0n) is 10.7. The molecule has 7 nitrogen and oxygen atoms in total. The first-order valence-corrected chi connectivity index (χ1v) is 5.76. The Hall–Kier alpha value is -2.96. The maximum absolute atomic E-state index is 11.6. The van der Waals surface area contributed by atoms with E-state index in [4.69, 9.17) is 4.42 Å². The van der Waals surface area contributed by atoms with E-state index in [0.717, 1.165) is 5.76 Å². The van der Waals surface area contributed by atoms with E-state index in [9.17, 15) is 9.59 Å². The van der Waals surface area contributed by atoms with Crippen LogP contribution in [0.25, 0.3) is 6.08 Å². The molecule has 0 atom stereocenters. The Kier molecular flexibility index (Phi) is 4.23. The fourth-order valence-electron chi connectivity index (χ4n) is 1.34. The fraction of sp³-hybridized carbons (Fsp3) is 0.0769. The molecule has 0 unspecified atom stereocenters. The van der Waals surface area contributed by atoms with Crippen molar-refractivity contribution in [3.63, 3.8) is 0 Å². The van der Waals surface area contributed by atoms with Gasteiger partial charge in [0.25, 0.3) is 11.8 Å². The third-order valence-electron chi connectivity index (χ3n) is 2.26. The Morgan fingerprint density at radius 3 is 2.75 bits per heavy atom. The molecule has 20 heavy (non-hydrogen) atoms. The Morgan fingerprint density at radius 1 is 1.25 bits per heavy atom. The molecule has 0 radical (unpaired) electrons. The second kappa shape index (κ2) is 6.28. The summed E-state index contributed by atoms with van der Waals surface area (Å²) >= 11 is 0. The van der Waals surface area contributed by atoms with Gasteiger partial charge in [0.2, 0.25) is 0 Å². The highest BCUT2D eigenvalue weighted by molar-refractivity contribution is 5.96. The van der Waals surface area contributed by atoms with E-state index in [2.05, 4.69) is 20.8 Å². The standard InChI is InChI=1S/C13H12N4O3/c1-9-2-3-10(20-9)4-5-12(18)16-17-13(19)11-8-14-6-7-15-11/h2-8H,1H3,(H,16,18)(H,17,19)/b5-4+. The molecule has 2 amide bonds. The summed E-state index contributed by atoms with van der Waals surface area (Å²) in [5.74, 6) is 0.268. The Bertz CT molecular complexity index is 634. The van der Waals surface area contributed by atoms with Gasteiger partial charge in [-0.25, -0.2) is 4.98 Å². The number of amides is 2. The Labute approximate surface area is 114 Å². The summed E-state index contributed by atoms with van der Waals surface area (Å²) in [6.45, 7) is 1.80. The normalized spacial score (nSPS) is 10.4. The lowest BCUT2D eigenvalue weighted by atomic mass is 10.4. The van der Waals surface area contributed by atoms with Crippen LogP contribution in [0.3, 0.4) is 0 Å². The number of nitrogens with zero attached hydrogens (tertiary/aromatic N) is 2. The predicted octanol–water partition coefficient (Wildman–Crippen LogP) is 0.852. The van der Waals surface area contributed by atoms with Gasteiger partial charge >= 0.3 is 0 Å². The van der Waals surface area contributed by atoms with Crippen LogP contribution >= 0.6 is 0 Å². The van der Waals surface area contributed by atoms with E-state index < -0.39 is 11.8 Å². The van der Waals surface area contributed by atoms with Gasteiger partial charge in [-0.3, -0.25) is 25.4 Å². The molecule has 0 spiro atoms. The Balaban J connectivity index is 1.83. The second-order valence-electron chi connectivity index (χ2n) is 3.82. The van der Waals surface area contributed by atoms with E-state index in [1.165, 1.54) is 30.7 Å². The van der Waals surface area contributed by atoms with Gasteiger partial charge in [0.05, 0.1) is 6.20 Å². The number of carbonyl (C=O) groups excluding carboxylic acids is 2. The molecule has 0 fully saturated rings. The first kappa shape index (κ1) is 13.5. The molecule has 0 aliphatic rings. The van der Waals surface area contributed by atoms with E-state index >= 15 is 0 Å². The lowest BCUT2D eigenvalue weighted by Gasteiger charge is -2.03. The number of nitrogens with one attached hydrogen (secondary N) is 2. The van der Waals surface area contributed by atoms with E-state index in [0.29, 0.717) is 5.76 Å². The van der Waals surface area contributed by atoms with Crippen molar-refractivity contribution in [2.75, 3.05) is 0 Å². The summed E-state index contributed by atoms with van der Waals surface area (Å²) in [6.07, 6.45) is 6.87. The molecular formula is C13H12N4O3. The van der Waals surface area contributed by atoms with Crippen LogP contribution in [-0.4, -0.2) is 21.8 Å². The number of furan rings is 1. The first-order valence-electron chi connectivity index (χ1n) is 5.76. The van der Waals surface area contributed by atoms with E-state index in [1.54, 1.807) is 19.1 Å². The van der Waals surface area contributed by atoms with Crippen molar-refractivity contribution >= 4 is 17.9 Å². The molecule has 0 aromatic carbocycles. The van der Waals surface area contributed by atoms with Gasteiger partial charge in [-0.2, -0.15) is 0 Å². The summed E-state index contributed by atoms with van der Waals surface area (Å²) in [7, 11) is 0. The van der Waals surface area contributed by atoms with Crippen LogP contribution in [0.4, 0.5) is 0 Å². The SMILES string of the molecule is Cc1ccc(/C=C/C(=O)NNC(=O)c2cnccn2)o1. The zero-order valence-corrected chi connectivity index (χ0v) is 10.7. The number of hydrogen-bond donors (Lipinski definition) is 2. The maximum Gasteiger partial charge on any atom is 0.289 e. The molecule has 0 aliphatic carbocycles. The smallest absolute Gasteiger partial charge is 0.289 e. The molecule has 2 rings (SSSR count). The average molecular weight is 272 g/mol. The highest BCUT2D eigenvalue weighted by atomic mass is 16.3. The van der Waals surface area contributed by atoms with Gasteiger partial charge < -0.3 is 4.42 Å². The van der Waals surface area contributed by atoms with Crippen LogP contribution in [-0.2, 0) is 4.79 Å². The van der Waals surface area contributed by atoms with Crippen molar-refractivity contribution in [3.05, 3.63) is 54.0 Å². The summed E-state index contributed by atoms with van der Waals surface area (Å²) in [4.78, 5) is 30.6. The van der Waals surface area contributed by atoms with Crippen molar-refractivity contribution in [1.29, 1.82) is 0 Å². The molecule has 2 aromatic rings. The van der Waals surface area contributed by atoms with Crippen molar-refractivity contribution < 1.29 is 14.0 Å². The maximum atomic E-state index is 11.6. The summed E-state index contributed by atoms with van der Waals surface area (Å²) in [5, 5.41) is 0. The van der Waals surface area contributed by atoms with Crippen molar-refractivity contribution in [2.45, 2.75) is 6.92 Å². The van der Waals surface area contributed by atoms with Crippen molar-refractivity contribution in [3.8, 4) is 0 Å². The topological polar surface area (TPSA) is 97.1 Å². The molecule has 0 bridgehead atoms. The minimum Gasteiger partial charge on any atom is -0.462 e. The molecular weight excluding hydrogens is 260 g/mol. The highest BCUT2D eigenvalue weighted by Crippen LogP contribution is 2.07. The van der Waals surface area contributed by atoms with E-state index in [-0.39, 0.29) is 5.69 Å². The molecule has 2 heterocycles. The van der Waals surface area contributed by atoms with Crippen LogP contribution in [0.5, 0.6) is 0 Å².